The summed E-state index contributed by atoms with van der Waals surface area (Å²) >= 11 is 0. The minimum atomic E-state index is -0.247. The Morgan fingerprint density at radius 1 is 1.23 bits per heavy atom. The van der Waals surface area contributed by atoms with Crippen LogP contribution in [-0.2, 0) is 13.0 Å². The van der Waals surface area contributed by atoms with Crippen molar-refractivity contribution in [1.82, 2.24) is 25.8 Å². The third kappa shape index (κ3) is 4.92. The molecular weight excluding hydrogens is 335 g/mol. The Morgan fingerprint density at radius 3 is 2.81 bits per heavy atom. The van der Waals surface area contributed by atoms with Gasteiger partial charge in [-0.05, 0) is 36.8 Å². The molecule has 26 heavy (non-hydrogen) atoms. The van der Waals surface area contributed by atoms with Crippen molar-refractivity contribution in [1.29, 1.82) is 0 Å². The average molecular weight is 356 g/mol. The van der Waals surface area contributed by atoms with Crippen LogP contribution in [-0.4, -0.2) is 34.2 Å². The maximum atomic E-state index is 12.9. The van der Waals surface area contributed by atoms with Gasteiger partial charge in [-0.15, -0.1) is 0 Å². The van der Waals surface area contributed by atoms with Crippen LogP contribution in [0.4, 0.5) is 4.39 Å². The van der Waals surface area contributed by atoms with Gasteiger partial charge in [-0.3, -0.25) is 5.10 Å². The quantitative estimate of drug-likeness (QED) is 0.447. The van der Waals surface area contributed by atoms with Gasteiger partial charge in [0.1, 0.15) is 11.6 Å². The number of nitrogens with one attached hydrogen (secondary N) is 3. The number of aromatic nitrogens is 3. The van der Waals surface area contributed by atoms with Crippen molar-refractivity contribution in [2.45, 2.75) is 19.9 Å². The number of hydrogen-bond donors (Lipinski definition) is 3. The Morgan fingerprint density at radius 2 is 2.08 bits per heavy atom. The first kappa shape index (κ1) is 17.7. The molecule has 0 aliphatic heterocycles. The lowest BCUT2D eigenvalue weighted by Gasteiger charge is -2.10. The Balaban J connectivity index is 1.52. The summed E-state index contributed by atoms with van der Waals surface area (Å²) in [7, 11) is 0. The van der Waals surface area contributed by atoms with Crippen LogP contribution in [0.5, 0.6) is 0 Å². The van der Waals surface area contributed by atoms with E-state index in [1.807, 2.05) is 13.0 Å². The smallest absolute Gasteiger partial charge is 0.216 e. The van der Waals surface area contributed by atoms with Gasteiger partial charge in [0.05, 0.1) is 12.8 Å². The van der Waals surface area contributed by atoms with Crippen LogP contribution < -0.4 is 10.6 Å². The topological polar surface area (TPSA) is 91.1 Å². The van der Waals surface area contributed by atoms with E-state index >= 15 is 0 Å². The zero-order valence-electron chi connectivity index (χ0n) is 14.5. The van der Waals surface area contributed by atoms with Crippen LogP contribution in [0, 0.1) is 5.82 Å². The van der Waals surface area contributed by atoms with E-state index in [2.05, 4.69) is 30.8 Å². The SMILES string of the molecule is CCNC(=NCc1ccc(F)cc1)NCCc1nc(-c2ccco2)n[nH]1. The molecule has 0 unspecified atom stereocenters. The summed E-state index contributed by atoms with van der Waals surface area (Å²) in [5, 5.41) is 13.5. The fourth-order valence-electron chi connectivity index (χ4n) is 2.32. The first-order valence-corrected chi connectivity index (χ1v) is 8.46. The molecule has 7 nitrogen and oxygen atoms in total. The number of benzene rings is 1. The number of furan rings is 1. The minimum Gasteiger partial charge on any atom is -0.461 e. The average Bonchev–Trinajstić information content (AvgIpc) is 3.32. The first-order valence-electron chi connectivity index (χ1n) is 8.46. The highest BCUT2D eigenvalue weighted by Gasteiger charge is 2.08. The lowest BCUT2D eigenvalue weighted by atomic mass is 10.2. The Bertz CT molecular complexity index is 826. The second kappa shape index (κ2) is 8.80. The number of hydrogen-bond acceptors (Lipinski definition) is 4. The fourth-order valence-corrected chi connectivity index (χ4v) is 2.32. The second-order valence-electron chi connectivity index (χ2n) is 5.58. The molecule has 0 amide bonds. The van der Waals surface area contributed by atoms with Crippen molar-refractivity contribution in [3.05, 3.63) is 59.9 Å². The second-order valence-corrected chi connectivity index (χ2v) is 5.58. The van der Waals surface area contributed by atoms with Crippen LogP contribution >= 0.6 is 0 Å². The summed E-state index contributed by atoms with van der Waals surface area (Å²) in [4.78, 5) is 8.90. The predicted octanol–water partition coefficient (Wildman–Crippen LogP) is 2.50. The van der Waals surface area contributed by atoms with E-state index in [0.29, 0.717) is 37.1 Å². The largest absolute Gasteiger partial charge is 0.461 e. The van der Waals surface area contributed by atoms with Crippen LogP contribution in [0.2, 0.25) is 0 Å². The van der Waals surface area contributed by atoms with Gasteiger partial charge >= 0.3 is 0 Å². The van der Waals surface area contributed by atoms with Crippen molar-refractivity contribution in [2.24, 2.45) is 4.99 Å². The molecular formula is C18H21FN6O. The minimum absolute atomic E-state index is 0.247. The van der Waals surface area contributed by atoms with Gasteiger partial charge in [0.15, 0.2) is 11.7 Å². The summed E-state index contributed by atoms with van der Waals surface area (Å²) in [5.74, 6) is 2.39. The van der Waals surface area contributed by atoms with Crippen molar-refractivity contribution in [2.75, 3.05) is 13.1 Å². The highest BCUT2D eigenvalue weighted by Crippen LogP contribution is 2.14. The van der Waals surface area contributed by atoms with E-state index in [0.717, 1.165) is 17.9 Å². The molecule has 0 fully saturated rings. The van der Waals surface area contributed by atoms with Crippen molar-refractivity contribution < 1.29 is 8.81 Å². The van der Waals surface area contributed by atoms with Crippen LogP contribution in [0.25, 0.3) is 11.6 Å². The Labute approximate surface area is 150 Å². The molecule has 8 heteroatoms. The number of rotatable bonds is 7. The molecule has 0 aliphatic rings. The molecule has 0 bridgehead atoms. The molecule has 0 spiro atoms. The van der Waals surface area contributed by atoms with Gasteiger partial charge in [0, 0.05) is 19.5 Å². The van der Waals surface area contributed by atoms with Crippen molar-refractivity contribution in [3.63, 3.8) is 0 Å². The van der Waals surface area contributed by atoms with E-state index in [9.17, 15) is 4.39 Å². The molecule has 136 valence electrons. The molecule has 1 aromatic carbocycles. The zero-order valence-corrected chi connectivity index (χ0v) is 14.5. The maximum absolute atomic E-state index is 12.9. The van der Waals surface area contributed by atoms with Gasteiger partial charge in [-0.25, -0.2) is 14.4 Å². The summed E-state index contributed by atoms with van der Waals surface area (Å²) in [6.45, 7) is 3.87. The number of aromatic amines is 1. The standard InChI is InChI=1S/C18H21FN6O/c1-2-20-18(22-12-13-5-7-14(19)8-6-13)21-10-9-16-23-17(25-24-16)15-4-3-11-26-15/h3-8,11H,2,9-10,12H2,1H3,(H2,20,21,22)(H,23,24,25). The summed E-state index contributed by atoms with van der Waals surface area (Å²) < 4.78 is 18.2. The van der Waals surface area contributed by atoms with Crippen molar-refractivity contribution >= 4 is 5.96 Å². The van der Waals surface area contributed by atoms with E-state index in [1.54, 1.807) is 24.5 Å². The molecule has 2 heterocycles. The number of guanidine groups is 1. The van der Waals surface area contributed by atoms with E-state index in [-0.39, 0.29) is 5.82 Å². The molecule has 2 aromatic heterocycles. The molecule has 3 aromatic rings. The monoisotopic (exact) mass is 356 g/mol. The molecule has 0 radical (unpaired) electrons. The number of H-pyrrole nitrogens is 1. The van der Waals surface area contributed by atoms with Crippen LogP contribution in [0.3, 0.4) is 0 Å². The normalized spacial score (nSPS) is 11.5. The number of nitrogens with zero attached hydrogens (tertiary/aromatic N) is 3. The highest BCUT2D eigenvalue weighted by molar-refractivity contribution is 5.79. The van der Waals surface area contributed by atoms with E-state index in [1.165, 1.54) is 12.1 Å². The predicted molar refractivity (Wildman–Crippen MR) is 97.0 cm³/mol. The fraction of sp³-hybridized carbons (Fsp3) is 0.278. The maximum Gasteiger partial charge on any atom is 0.216 e. The molecule has 0 saturated heterocycles. The molecule has 3 N–H and O–H groups in total. The molecule has 3 rings (SSSR count). The van der Waals surface area contributed by atoms with Gasteiger partial charge in [0.2, 0.25) is 5.82 Å². The summed E-state index contributed by atoms with van der Waals surface area (Å²) in [6.07, 6.45) is 2.25. The van der Waals surface area contributed by atoms with Gasteiger partial charge in [-0.2, -0.15) is 5.10 Å². The lowest BCUT2D eigenvalue weighted by Crippen LogP contribution is -2.38. The van der Waals surface area contributed by atoms with E-state index < -0.39 is 0 Å². The van der Waals surface area contributed by atoms with Crippen molar-refractivity contribution in [3.8, 4) is 11.6 Å². The van der Waals surface area contributed by atoms with Crippen LogP contribution in [0.15, 0.2) is 52.1 Å². The number of aliphatic imine (C=N–C) groups is 1. The summed E-state index contributed by atoms with van der Waals surface area (Å²) in [5.41, 5.74) is 0.946. The molecule has 0 aliphatic carbocycles. The molecule has 0 atom stereocenters. The van der Waals surface area contributed by atoms with E-state index in [4.69, 9.17) is 4.42 Å². The summed E-state index contributed by atoms with van der Waals surface area (Å²) in [6, 6.07) is 9.95. The Kier molecular flexibility index (Phi) is 5.97. The molecule has 0 saturated carbocycles. The zero-order chi connectivity index (χ0) is 18.2. The van der Waals surface area contributed by atoms with Gasteiger partial charge in [0.25, 0.3) is 0 Å². The third-order valence-corrected chi connectivity index (χ3v) is 3.60. The van der Waals surface area contributed by atoms with Gasteiger partial charge < -0.3 is 15.1 Å². The number of halogens is 1. The highest BCUT2D eigenvalue weighted by atomic mass is 19.1. The van der Waals surface area contributed by atoms with Gasteiger partial charge in [-0.1, -0.05) is 12.1 Å². The van der Waals surface area contributed by atoms with Crippen LogP contribution in [0.1, 0.15) is 18.3 Å². The third-order valence-electron chi connectivity index (χ3n) is 3.60. The first-order chi connectivity index (χ1) is 12.7. The lowest BCUT2D eigenvalue weighted by molar-refractivity contribution is 0.577. The Hall–Kier alpha value is -3.16.